The molecule has 0 spiro atoms. The van der Waals surface area contributed by atoms with E-state index in [0.717, 1.165) is 11.1 Å². The summed E-state index contributed by atoms with van der Waals surface area (Å²) in [7, 11) is 0. The van der Waals surface area contributed by atoms with Gasteiger partial charge < -0.3 is 4.74 Å². The molecule has 1 unspecified atom stereocenters. The largest absolute Gasteiger partial charge is 0.444 e. The number of hydrogen-bond donors (Lipinski definition) is 0. The summed E-state index contributed by atoms with van der Waals surface area (Å²) in [6.07, 6.45) is -6.95. The van der Waals surface area contributed by atoms with E-state index in [4.69, 9.17) is 4.74 Å². The normalized spacial score (nSPS) is 12.8. The molecular formula is C17H15F3O2. The van der Waals surface area contributed by atoms with E-state index in [1.165, 1.54) is 36.4 Å². The Hall–Kier alpha value is -2.30. The quantitative estimate of drug-likeness (QED) is 0.764. The molecule has 0 aliphatic carbocycles. The number of hydrogen-bond acceptors (Lipinski definition) is 2. The summed E-state index contributed by atoms with van der Waals surface area (Å²) >= 11 is 0. The molecule has 0 heterocycles. The van der Waals surface area contributed by atoms with Gasteiger partial charge in [0.05, 0.1) is 5.56 Å². The molecule has 0 saturated heterocycles. The minimum atomic E-state index is -4.67. The van der Waals surface area contributed by atoms with E-state index in [2.05, 4.69) is 0 Å². The summed E-state index contributed by atoms with van der Waals surface area (Å²) in [5.74, 6) is -0.988. The lowest BCUT2D eigenvalue weighted by atomic mass is 10.1. The third kappa shape index (κ3) is 3.87. The molecule has 0 amide bonds. The Morgan fingerprint density at radius 3 is 2.05 bits per heavy atom. The van der Waals surface area contributed by atoms with Gasteiger partial charge in [0.1, 0.15) is 0 Å². The predicted octanol–water partition coefficient (Wildman–Crippen LogP) is 4.76. The van der Waals surface area contributed by atoms with Crippen molar-refractivity contribution < 1.29 is 22.7 Å². The molecule has 0 radical (unpaired) electrons. The van der Waals surface area contributed by atoms with Crippen molar-refractivity contribution in [2.75, 3.05) is 0 Å². The van der Waals surface area contributed by atoms with E-state index in [1.54, 1.807) is 19.9 Å². The summed E-state index contributed by atoms with van der Waals surface area (Å²) in [6, 6.07) is 12.0. The second kappa shape index (κ2) is 6.22. The average Bonchev–Trinajstić information content (AvgIpc) is 2.43. The molecule has 0 fully saturated rings. The minimum absolute atomic E-state index is 0.104. The molecule has 2 rings (SSSR count). The zero-order chi connectivity index (χ0) is 16.3. The number of carbonyl (C=O) groups excluding carboxylic acids is 1. The first-order chi connectivity index (χ1) is 10.3. The molecule has 0 aromatic heterocycles. The number of rotatable bonds is 3. The molecule has 0 bridgehead atoms. The number of carbonyl (C=O) groups is 1. The van der Waals surface area contributed by atoms with Crippen LogP contribution >= 0.6 is 0 Å². The molecule has 0 N–H and O–H groups in total. The molecule has 1 atom stereocenters. The van der Waals surface area contributed by atoms with Gasteiger partial charge in [-0.15, -0.1) is 0 Å². The second-order valence-corrected chi connectivity index (χ2v) is 5.11. The molecule has 2 nitrogen and oxygen atoms in total. The van der Waals surface area contributed by atoms with Gasteiger partial charge in [-0.1, -0.05) is 47.5 Å². The fourth-order valence-corrected chi connectivity index (χ4v) is 2.22. The smallest absolute Gasteiger partial charge is 0.429 e. The van der Waals surface area contributed by atoms with Crippen LogP contribution in [0, 0.1) is 13.8 Å². The first-order valence-corrected chi connectivity index (χ1v) is 6.68. The summed E-state index contributed by atoms with van der Waals surface area (Å²) in [6.45, 7) is 3.53. The highest BCUT2D eigenvalue weighted by atomic mass is 19.4. The highest BCUT2D eigenvalue weighted by Gasteiger charge is 2.44. The fraction of sp³-hybridized carbons (Fsp3) is 0.235. The third-order valence-electron chi connectivity index (χ3n) is 3.08. The molecule has 2 aromatic carbocycles. The van der Waals surface area contributed by atoms with Crippen LogP contribution in [0.1, 0.15) is 33.2 Å². The summed E-state index contributed by atoms with van der Waals surface area (Å²) in [4.78, 5) is 12.1. The van der Waals surface area contributed by atoms with Gasteiger partial charge >= 0.3 is 12.1 Å². The van der Waals surface area contributed by atoms with Crippen LogP contribution in [0.15, 0.2) is 48.5 Å². The Labute approximate surface area is 126 Å². The third-order valence-corrected chi connectivity index (χ3v) is 3.08. The summed E-state index contributed by atoms with van der Waals surface area (Å²) in [5.41, 5.74) is 1.58. The van der Waals surface area contributed by atoms with E-state index >= 15 is 0 Å². The lowest BCUT2D eigenvalue weighted by molar-refractivity contribution is -0.207. The van der Waals surface area contributed by atoms with Crippen LogP contribution in [-0.2, 0) is 4.74 Å². The maximum absolute atomic E-state index is 13.2. The van der Waals surface area contributed by atoms with E-state index < -0.39 is 18.2 Å². The van der Waals surface area contributed by atoms with E-state index in [1.807, 2.05) is 6.07 Å². The van der Waals surface area contributed by atoms with Crippen molar-refractivity contribution in [3.05, 3.63) is 70.8 Å². The van der Waals surface area contributed by atoms with Gasteiger partial charge in [0.15, 0.2) is 0 Å². The Bertz CT molecular complexity index is 643. The monoisotopic (exact) mass is 308 g/mol. The maximum atomic E-state index is 13.2. The van der Waals surface area contributed by atoms with Crippen molar-refractivity contribution in [1.29, 1.82) is 0 Å². The number of benzene rings is 2. The van der Waals surface area contributed by atoms with Crippen LogP contribution in [-0.4, -0.2) is 12.1 Å². The van der Waals surface area contributed by atoms with E-state index in [-0.39, 0.29) is 11.1 Å². The minimum Gasteiger partial charge on any atom is -0.444 e. The van der Waals surface area contributed by atoms with Crippen LogP contribution in [0.3, 0.4) is 0 Å². The molecular weight excluding hydrogens is 293 g/mol. The lowest BCUT2D eigenvalue weighted by Gasteiger charge is -2.21. The number of ether oxygens (including phenoxy) is 1. The SMILES string of the molecule is Cc1cc(C)cc(C(=O)OC(c2ccccc2)C(F)(F)F)c1. The topological polar surface area (TPSA) is 26.3 Å². The first kappa shape index (κ1) is 16.1. The van der Waals surface area contributed by atoms with Gasteiger partial charge in [-0.2, -0.15) is 13.2 Å². The van der Waals surface area contributed by atoms with Gasteiger partial charge in [-0.05, 0) is 26.0 Å². The lowest BCUT2D eigenvalue weighted by Crippen LogP contribution is -2.26. The zero-order valence-corrected chi connectivity index (χ0v) is 12.1. The van der Waals surface area contributed by atoms with Crippen molar-refractivity contribution in [3.8, 4) is 0 Å². The van der Waals surface area contributed by atoms with E-state index in [9.17, 15) is 18.0 Å². The highest BCUT2D eigenvalue weighted by molar-refractivity contribution is 5.90. The zero-order valence-electron chi connectivity index (χ0n) is 12.1. The van der Waals surface area contributed by atoms with Gasteiger partial charge in [0, 0.05) is 5.56 Å². The van der Waals surface area contributed by atoms with Crippen molar-refractivity contribution in [2.45, 2.75) is 26.1 Å². The predicted molar refractivity (Wildman–Crippen MR) is 76.6 cm³/mol. The number of aryl methyl sites for hydroxylation is 2. The molecule has 0 aliphatic rings. The first-order valence-electron chi connectivity index (χ1n) is 6.68. The second-order valence-electron chi connectivity index (χ2n) is 5.11. The summed E-state index contributed by atoms with van der Waals surface area (Å²) in [5, 5.41) is 0. The van der Waals surface area contributed by atoms with Crippen LogP contribution in [0.4, 0.5) is 13.2 Å². The average molecular weight is 308 g/mol. The van der Waals surface area contributed by atoms with Crippen molar-refractivity contribution >= 4 is 5.97 Å². The Balaban J connectivity index is 2.29. The fourth-order valence-electron chi connectivity index (χ4n) is 2.22. The molecule has 22 heavy (non-hydrogen) atoms. The molecule has 5 heteroatoms. The highest BCUT2D eigenvalue weighted by Crippen LogP contribution is 2.36. The Kier molecular flexibility index (Phi) is 4.54. The summed E-state index contributed by atoms with van der Waals surface area (Å²) < 4.78 is 44.2. The maximum Gasteiger partial charge on any atom is 0.429 e. The molecule has 116 valence electrons. The van der Waals surface area contributed by atoms with Crippen molar-refractivity contribution in [1.82, 2.24) is 0 Å². The standard InChI is InChI=1S/C17H15F3O2/c1-11-8-12(2)10-14(9-11)16(21)22-15(17(18,19)20)13-6-4-3-5-7-13/h3-10,15H,1-2H3. The van der Waals surface area contributed by atoms with Crippen LogP contribution in [0.25, 0.3) is 0 Å². The van der Waals surface area contributed by atoms with Crippen LogP contribution < -0.4 is 0 Å². The molecule has 0 saturated carbocycles. The van der Waals surface area contributed by atoms with Gasteiger partial charge in [0.25, 0.3) is 0 Å². The Morgan fingerprint density at radius 2 is 1.55 bits per heavy atom. The number of esters is 1. The van der Waals surface area contributed by atoms with Gasteiger partial charge in [-0.3, -0.25) is 0 Å². The van der Waals surface area contributed by atoms with E-state index in [0.29, 0.717) is 0 Å². The Morgan fingerprint density at radius 1 is 1.00 bits per heavy atom. The van der Waals surface area contributed by atoms with Crippen LogP contribution in [0.5, 0.6) is 0 Å². The number of alkyl halides is 3. The van der Waals surface area contributed by atoms with Gasteiger partial charge in [-0.25, -0.2) is 4.79 Å². The molecule has 2 aromatic rings. The van der Waals surface area contributed by atoms with Gasteiger partial charge in [0.2, 0.25) is 6.10 Å². The molecule has 0 aliphatic heterocycles. The van der Waals surface area contributed by atoms with Crippen molar-refractivity contribution in [3.63, 3.8) is 0 Å². The van der Waals surface area contributed by atoms with Crippen molar-refractivity contribution in [2.24, 2.45) is 0 Å². The van der Waals surface area contributed by atoms with Crippen LogP contribution in [0.2, 0.25) is 0 Å². The number of halogens is 3.